The largest absolute Gasteiger partial charge is 0.481 e. The Morgan fingerprint density at radius 3 is 2.41 bits per heavy atom. The summed E-state index contributed by atoms with van der Waals surface area (Å²) >= 11 is 0. The molecule has 0 radical (unpaired) electrons. The minimum atomic E-state index is -0.869. The molecule has 2 amide bonds. The van der Waals surface area contributed by atoms with Gasteiger partial charge in [0.05, 0.1) is 5.92 Å². The van der Waals surface area contributed by atoms with Crippen molar-refractivity contribution in [2.75, 3.05) is 13.1 Å². The maximum atomic E-state index is 12.0. The molecular weight excluding hydrogens is 220 g/mol. The molecular formula is C12H22N2O3. The third kappa shape index (κ3) is 3.61. The van der Waals surface area contributed by atoms with Crippen LogP contribution in [0.25, 0.3) is 0 Å². The predicted molar refractivity (Wildman–Crippen MR) is 64.8 cm³/mol. The van der Waals surface area contributed by atoms with Gasteiger partial charge in [0.1, 0.15) is 0 Å². The van der Waals surface area contributed by atoms with Gasteiger partial charge in [-0.3, -0.25) is 4.79 Å². The zero-order chi connectivity index (χ0) is 13.1. The zero-order valence-electron chi connectivity index (χ0n) is 10.8. The highest BCUT2D eigenvalue weighted by Crippen LogP contribution is 2.31. The first-order valence-corrected chi connectivity index (χ1v) is 6.18. The van der Waals surface area contributed by atoms with E-state index in [1.807, 2.05) is 13.8 Å². The van der Waals surface area contributed by atoms with Gasteiger partial charge in [0, 0.05) is 18.6 Å². The van der Waals surface area contributed by atoms with Gasteiger partial charge in [-0.1, -0.05) is 6.92 Å². The molecule has 1 fully saturated rings. The van der Waals surface area contributed by atoms with Gasteiger partial charge >= 0.3 is 12.0 Å². The highest BCUT2D eigenvalue weighted by Gasteiger charge is 2.34. The van der Waals surface area contributed by atoms with E-state index in [9.17, 15) is 9.59 Å². The summed E-state index contributed by atoms with van der Waals surface area (Å²) in [4.78, 5) is 24.3. The van der Waals surface area contributed by atoms with E-state index in [0.717, 1.165) is 19.3 Å². The van der Waals surface area contributed by atoms with Crippen molar-refractivity contribution < 1.29 is 14.7 Å². The molecule has 1 aliphatic carbocycles. The third-order valence-corrected chi connectivity index (χ3v) is 3.45. The van der Waals surface area contributed by atoms with Crippen molar-refractivity contribution in [1.82, 2.24) is 10.2 Å². The van der Waals surface area contributed by atoms with Crippen LogP contribution in [-0.4, -0.2) is 40.6 Å². The molecule has 5 nitrogen and oxygen atoms in total. The van der Waals surface area contributed by atoms with Crippen LogP contribution in [0, 0.1) is 5.92 Å². The maximum absolute atomic E-state index is 12.0. The fourth-order valence-corrected chi connectivity index (χ4v) is 1.93. The summed E-state index contributed by atoms with van der Waals surface area (Å²) < 4.78 is 0. The van der Waals surface area contributed by atoms with Crippen LogP contribution in [0.5, 0.6) is 0 Å². The van der Waals surface area contributed by atoms with Crippen molar-refractivity contribution in [3.8, 4) is 0 Å². The fourth-order valence-electron chi connectivity index (χ4n) is 1.93. The first-order valence-electron chi connectivity index (χ1n) is 6.18. The number of amides is 2. The molecule has 1 aliphatic rings. The van der Waals surface area contributed by atoms with E-state index in [1.54, 1.807) is 11.8 Å². The number of carbonyl (C=O) groups is 2. The average Bonchev–Trinajstić information content (AvgIpc) is 2.22. The van der Waals surface area contributed by atoms with Crippen LogP contribution in [0.2, 0.25) is 0 Å². The Bertz CT molecular complexity index is 300. The normalized spacial score (nSPS) is 19.0. The Hall–Kier alpha value is -1.26. The van der Waals surface area contributed by atoms with Crippen LogP contribution in [0.1, 0.15) is 40.0 Å². The molecule has 0 spiro atoms. The van der Waals surface area contributed by atoms with Gasteiger partial charge in [-0.15, -0.1) is 0 Å². The second-order valence-corrected chi connectivity index (χ2v) is 5.12. The average molecular weight is 242 g/mol. The van der Waals surface area contributed by atoms with E-state index in [4.69, 9.17) is 5.11 Å². The molecule has 2 N–H and O–H groups in total. The summed E-state index contributed by atoms with van der Waals surface area (Å²) in [7, 11) is 0. The topological polar surface area (TPSA) is 69.6 Å². The van der Waals surface area contributed by atoms with Crippen molar-refractivity contribution >= 4 is 12.0 Å². The Morgan fingerprint density at radius 1 is 1.47 bits per heavy atom. The first-order chi connectivity index (χ1) is 7.88. The lowest BCUT2D eigenvalue weighted by atomic mass is 9.79. The molecule has 0 bridgehead atoms. The second-order valence-electron chi connectivity index (χ2n) is 5.12. The monoisotopic (exact) mass is 242 g/mol. The van der Waals surface area contributed by atoms with Gasteiger partial charge in [-0.25, -0.2) is 4.79 Å². The minimum Gasteiger partial charge on any atom is -0.481 e. The molecule has 0 saturated heterocycles. The van der Waals surface area contributed by atoms with Crippen LogP contribution < -0.4 is 5.32 Å². The van der Waals surface area contributed by atoms with Crippen molar-refractivity contribution in [3.05, 3.63) is 0 Å². The molecule has 98 valence electrons. The quantitative estimate of drug-likeness (QED) is 0.770. The highest BCUT2D eigenvalue weighted by molar-refractivity contribution is 5.76. The lowest BCUT2D eigenvalue weighted by Crippen LogP contribution is -2.55. The summed E-state index contributed by atoms with van der Waals surface area (Å²) in [5, 5.41) is 11.8. The molecule has 1 saturated carbocycles. The molecule has 0 aromatic carbocycles. The lowest BCUT2D eigenvalue weighted by Gasteiger charge is -2.40. The summed E-state index contributed by atoms with van der Waals surface area (Å²) in [5.74, 6) is -1.40. The highest BCUT2D eigenvalue weighted by atomic mass is 16.4. The molecule has 17 heavy (non-hydrogen) atoms. The van der Waals surface area contributed by atoms with Crippen molar-refractivity contribution in [1.29, 1.82) is 0 Å². The molecule has 1 rings (SSSR count). The number of hydrogen-bond acceptors (Lipinski definition) is 2. The SMILES string of the molecule is CCN(CC(C)C(=O)O)C(=O)NC1(C)CCC1. The minimum absolute atomic E-state index is 0.0863. The van der Waals surface area contributed by atoms with Gasteiger partial charge < -0.3 is 15.3 Å². The smallest absolute Gasteiger partial charge is 0.317 e. The van der Waals surface area contributed by atoms with Crippen LogP contribution in [0.15, 0.2) is 0 Å². The van der Waals surface area contributed by atoms with E-state index >= 15 is 0 Å². The Labute approximate surface area is 102 Å². The van der Waals surface area contributed by atoms with E-state index < -0.39 is 11.9 Å². The molecule has 0 heterocycles. The van der Waals surface area contributed by atoms with Gasteiger partial charge in [0.15, 0.2) is 0 Å². The van der Waals surface area contributed by atoms with Crippen LogP contribution >= 0.6 is 0 Å². The molecule has 1 unspecified atom stereocenters. The Balaban J connectivity index is 2.49. The second kappa shape index (κ2) is 5.38. The number of carbonyl (C=O) groups excluding carboxylic acids is 1. The van der Waals surface area contributed by atoms with Crippen LogP contribution in [0.3, 0.4) is 0 Å². The fraction of sp³-hybridized carbons (Fsp3) is 0.833. The standard InChI is InChI=1S/C12H22N2O3/c1-4-14(8-9(2)10(15)16)11(17)13-12(3)6-5-7-12/h9H,4-8H2,1-3H3,(H,13,17)(H,15,16). The number of carboxylic acid groups (broad SMARTS) is 1. The summed E-state index contributed by atoms with van der Waals surface area (Å²) in [6.45, 7) is 6.29. The molecule has 0 aromatic rings. The van der Waals surface area contributed by atoms with Crippen molar-refractivity contribution in [2.45, 2.75) is 45.6 Å². The molecule has 1 atom stereocenters. The molecule has 0 aliphatic heterocycles. The van der Waals surface area contributed by atoms with Gasteiger partial charge in [0.2, 0.25) is 0 Å². The lowest BCUT2D eigenvalue weighted by molar-refractivity contribution is -0.141. The Morgan fingerprint density at radius 2 is 2.06 bits per heavy atom. The number of carboxylic acids is 1. The summed E-state index contributed by atoms with van der Waals surface area (Å²) in [6, 6.07) is -0.150. The number of urea groups is 1. The number of aliphatic carboxylic acids is 1. The molecule has 5 heteroatoms. The van der Waals surface area contributed by atoms with Crippen LogP contribution in [0.4, 0.5) is 4.79 Å². The summed E-state index contributed by atoms with van der Waals surface area (Å²) in [6.07, 6.45) is 3.16. The summed E-state index contributed by atoms with van der Waals surface area (Å²) in [5.41, 5.74) is -0.0863. The number of rotatable bonds is 5. The Kier molecular flexibility index (Phi) is 4.37. The van der Waals surface area contributed by atoms with E-state index in [2.05, 4.69) is 5.32 Å². The van der Waals surface area contributed by atoms with Gasteiger partial charge in [0.25, 0.3) is 0 Å². The third-order valence-electron chi connectivity index (χ3n) is 3.45. The van der Waals surface area contributed by atoms with E-state index in [-0.39, 0.29) is 18.1 Å². The van der Waals surface area contributed by atoms with E-state index in [1.165, 1.54) is 0 Å². The van der Waals surface area contributed by atoms with Crippen LogP contribution in [-0.2, 0) is 4.79 Å². The van der Waals surface area contributed by atoms with E-state index in [0.29, 0.717) is 6.54 Å². The zero-order valence-corrected chi connectivity index (χ0v) is 10.8. The number of nitrogens with one attached hydrogen (secondary N) is 1. The first kappa shape index (κ1) is 13.8. The van der Waals surface area contributed by atoms with Gasteiger partial charge in [-0.05, 0) is 33.1 Å². The van der Waals surface area contributed by atoms with Gasteiger partial charge in [-0.2, -0.15) is 0 Å². The van der Waals surface area contributed by atoms with Crippen molar-refractivity contribution in [2.24, 2.45) is 5.92 Å². The van der Waals surface area contributed by atoms with Crippen molar-refractivity contribution in [3.63, 3.8) is 0 Å². The predicted octanol–water partition coefficient (Wildman–Crippen LogP) is 1.68. The molecule has 0 aromatic heterocycles. The maximum Gasteiger partial charge on any atom is 0.317 e. The number of hydrogen-bond donors (Lipinski definition) is 2. The number of nitrogens with zero attached hydrogens (tertiary/aromatic N) is 1.